The van der Waals surface area contributed by atoms with Gasteiger partial charge in [-0.1, -0.05) is 81.6 Å². The van der Waals surface area contributed by atoms with Gasteiger partial charge in [-0.3, -0.25) is 0 Å². The van der Waals surface area contributed by atoms with Crippen LogP contribution in [0.25, 0.3) is 0 Å². The summed E-state index contributed by atoms with van der Waals surface area (Å²) in [4.78, 5) is 10.1. The summed E-state index contributed by atoms with van der Waals surface area (Å²) < 4.78 is 0. The van der Waals surface area contributed by atoms with Gasteiger partial charge in [0.05, 0.1) is 12.1 Å². The monoisotopic (exact) mass is 319 g/mol. The van der Waals surface area contributed by atoms with Crippen molar-refractivity contribution in [3.63, 3.8) is 0 Å². The molecule has 0 bridgehead atoms. The molecule has 0 aromatic carbocycles. The van der Waals surface area contributed by atoms with Gasteiger partial charge in [0, 0.05) is 0 Å². The fourth-order valence-corrected chi connectivity index (χ4v) is 2.16. The molecule has 3 heteroatoms. The summed E-state index contributed by atoms with van der Waals surface area (Å²) in [5, 5.41) is 19.9. The van der Waals surface area contributed by atoms with Gasteiger partial charge in [-0.05, 0) is 31.8 Å². The van der Waals surface area contributed by atoms with E-state index in [4.69, 9.17) is 0 Å². The Hall–Kier alpha value is -1.61. The third-order valence-corrected chi connectivity index (χ3v) is 3.47. The first-order chi connectivity index (χ1) is 11.2. The zero-order valence-electron chi connectivity index (χ0n) is 14.3. The minimum atomic E-state index is -1.19. The molecule has 3 nitrogen and oxygen atoms in total. The number of aliphatic hydroxyl groups is 1. The highest BCUT2D eigenvalue weighted by atomic mass is 16.4. The van der Waals surface area contributed by atoms with Crippen molar-refractivity contribution in [2.24, 2.45) is 0 Å². The van der Waals surface area contributed by atoms with E-state index in [-0.39, 0.29) is 6.10 Å². The molecule has 0 aromatic heterocycles. The van der Waals surface area contributed by atoms with Crippen LogP contribution in [0, 0.1) is 0 Å². The van der Waals surface area contributed by atoms with Crippen molar-refractivity contribution in [2.75, 3.05) is 0 Å². The SMILES string of the molecule is CCCCCC(O)CCCCC/C=C/C=C/C=C/C=C/C(=O)[O-]. The first kappa shape index (κ1) is 21.4. The van der Waals surface area contributed by atoms with Crippen molar-refractivity contribution in [3.8, 4) is 0 Å². The van der Waals surface area contributed by atoms with Gasteiger partial charge >= 0.3 is 0 Å². The second kappa shape index (κ2) is 16.8. The maximum Gasteiger partial charge on any atom is 0.0642 e. The predicted molar refractivity (Wildman–Crippen MR) is 94.8 cm³/mol. The first-order valence-electron chi connectivity index (χ1n) is 8.72. The van der Waals surface area contributed by atoms with Gasteiger partial charge in [-0.2, -0.15) is 0 Å². The van der Waals surface area contributed by atoms with Crippen molar-refractivity contribution < 1.29 is 15.0 Å². The fraction of sp³-hybridized carbons (Fsp3) is 0.550. The van der Waals surface area contributed by atoms with E-state index in [2.05, 4.69) is 13.0 Å². The second-order valence-electron chi connectivity index (χ2n) is 5.66. The summed E-state index contributed by atoms with van der Waals surface area (Å²) in [5.41, 5.74) is 0. The molecule has 0 saturated carbocycles. The van der Waals surface area contributed by atoms with Crippen molar-refractivity contribution >= 4 is 5.97 Å². The van der Waals surface area contributed by atoms with Gasteiger partial charge in [0.15, 0.2) is 0 Å². The molecule has 0 heterocycles. The van der Waals surface area contributed by atoms with E-state index in [0.29, 0.717) is 0 Å². The minimum Gasteiger partial charge on any atom is -0.545 e. The number of allylic oxidation sites excluding steroid dienone is 7. The number of rotatable bonds is 14. The number of aliphatic hydroxyl groups excluding tert-OH is 1. The molecule has 0 spiro atoms. The van der Waals surface area contributed by atoms with Crippen LogP contribution in [0.2, 0.25) is 0 Å². The molecule has 0 aliphatic rings. The van der Waals surface area contributed by atoms with E-state index < -0.39 is 5.97 Å². The lowest BCUT2D eigenvalue weighted by Gasteiger charge is -2.09. The lowest BCUT2D eigenvalue weighted by atomic mass is 10.0. The van der Waals surface area contributed by atoms with Crippen LogP contribution in [0.4, 0.5) is 0 Å². The number of carboxylic acids is 1. The molecule has 0 aliphatic heterocycles. The molecule has 0 aromatic rings. The summed E-state index contributed by atoms with van der Waals surface area (Å²) in [6.07, 6.45) is 23.5. The molecule has 1 N–H and O–H groups in total. The Morgan fingerprint density at radius 1 is 0.913 bits per heavy atom. The summed E-state index contributed by atoms with van der Waals surface area (Å²) in [6.45, 7) is 2.18. The topological polar surface area (TPSA) is 60.4 Å². The molecule has 1 atom stereocenters. The summed E-state index contributed by atoms with van der Waals surface area (Å²) in [5.74, 6) is -1.19. The quantitative estimate of drug-likeness (QED) is 0.300. The molecular formula is C20H31O3-. The maximum absolute atomic E-state index is 10.1. The Morgan fingerprint density at radius 2 is 1.52 bits per heavy atom. The van der Waals surface area contributed by atoms with E-state index in [1.54, 1.807) is 12.2 Å². The Kier molecular flexibility index (Phi) is 15.6. The molecule has 0 radical (unpaired) electrons. The van der Waals surface area contributed by atoms with Crippen LogP contribution in [0.3, 0.4) is 0 Å². The minimum absolute atomic E-state index is 0.113. The van der Waals surface area contributed by atoms with E-state index in [9.17, 15) is 15.0 Å². The lowest BCUT2D eigenvalue weighted by molar-refractivity contribution is -0.297. The highest BCUT2D eigenvalue weighted by Gasteiger charge is 2.02. The van der Waals surface area contributed by atoms with Crippen LogP contribution in [0.5, 0.6) is 0 Å². The molecule has 0 aliphatic carbocycles. The van der Waals surface area contributed by atoms with Crippen LogP contribution in [-0.4, -0.2) is 17.2 Å². The highest BCUT2D eigenvalue weighted by molar-refractivity contribution is 5.77. The van der Waals surface area contributed by atoms with Gasteiger partial charge < -0.3 is 15.0 Å². The molecule has 1 unspecified atom stereocenters. The van der Waals surface area contributed by atoms with E-state index in [0.717, 1.165) is 51.0 Å². The molecular weight excluding hydrogens is 288 g/mol. The van der Waals surface area contributed by atoms with Crippen molar-refractivity contribution in [3.05, 3.63) is 48.6 Å². The van der Waals surface area contributed by atoms with Crippen LogP contribution < -0.4 is 5.11 Å². The Labute approximate surface area is 141 Å². The van der Waals surface area contributed by atoms with Crippen LogP contribution in [0.15, 0.2) is 48.6 Å². The third-order valence-electron chi connectivity index (χ3n) is 3.47. The Morgan fingerprint density at radius 3 is 2.17 bits per heavy atom. The predicted octanol–water partition coefficient (Wildman–Crippen LogP) is 3.85. The highest BCUT2D eigenvalue weighted by Crippen LogP contribution is 2.11. The molecule has 0 fully saturated rings. The second-order valence-corrected chi connectivity index (χ2v) is 5.66. The van der Waals surface area contributed by atoms with Gasteiger partial charge in [-0.25, -0.2) is 0 Å². The Balaban J connectivity index is 3.48. The summed E-state index contributed by atoms with van der Waals surface area (Å²) in [6, 6.07) is 0. The molecule has 0 amide bonds. The Bertz CT molecular complexity index is 392. The van der Waals surface area contributed by atoms with E-state index >= 15 is 0 Å². The number of hydrogen-bond donors (Lipinski definition) is 1. The maximum atomic E-state index is 10.1. The number of aliphatic carboxylic acids is 1. The first-order valence-corrected chi connectivity index (χ1v) is 8.72. The van der Waals surface area contributed by atoms with Gasteiger partial charge in [0.1, 0.15) is 0 Å². The van der Waals surface area contributed by atoms with Crippen molar-refractivity contribution in [2.45, 2.75) is 70.8 Å². The summed E-state index contributed by atoms with van der Waals surface area (Å²) >= 11 is 0. The number of carbonyl (C=O) groups is 1. The van der Waals surface area contributed by atoms with Crippen LogP contribution in [0.1, 0.15) is 64.7 Å². The van der Waals surface area contributed by atoms with Crippen LogP contribution >= 0.6 is 0 Å². The largest absolute Gasteiger partial charge is 0.545 e. The smallest absolute Gasteiger partial charge is 0.0642 e. The lowest BCUT2D eigenvalue weighted by Crippen LogP contribution is -2.18. The van der Waals surface area contributed by atoms with Crippen LogP contribution in [-0.2, 0) is 4.79 Å². The summed E-state index contributed by atoms with van der Waals surface area (Å²) in [7, 11) is 0. The molecule has 23 heavy (non-hydrogen) atoms. The standard InChI is InChI=1S/C20H32O3/c1-2-3-13-16-19(21)17-14-11-9-7-5-4-6-8-10-12-15-18-20(22)23/h4-6,8,10,12,15,18-19,21H,2-3,7,9,11,13-14,16-17H2,1H3,(H,22,23)/p-1/b5-4+,8-6+,12-10+,18-15+. The fourth-order valence-electron chi connectivity index (χ4n) is 2.16. The molecule has 0 rings (SSSR count). The van der Waals surface area contributed by atoms with E-state index in [1.165, 1.54) is 18.9 Å². The normalized spacial score (nSPS) is 13.8. The zero-order valence-corrected chi connectivity index (χ0v) is 14.3. The average Bonchev–Trinajstić information content (AvgIpc) is 2.51. The zero-order chi connectivity index (χ0) is 17.2. The third kappa shape index (κ3) is 18.3. The number of carboxylic acid groups (broad SMARTS) is 1. The molecule has 130 valence electrons. The van der Waals surface area contributed by atoms with E-state index in [1.807, 2.05) is 18.2 Å². The number of unbranched alkanes of at least 4 members (excludes halogenated alkanes) is 5. The van der Waals surface area contributed by atoms with Gasteiger partial charge in [0.2, 0.25) is 0 Å². The van der Waals surface area contributed by atoms with Crippen molar-refractivity contribution in [1.29, 1.82) is 0 Å². The number of hydrogen-bond acceptors (Lipinski definition) is 3. The molecule has 0 saturated heterocycles. The van der Waals surface area contributed by atoms with Crippen molar-refractivity contribution in [1.82, 2.24) is 0 Å². The van der Waals surface area contributed by atoms with Gasteiger partial charge in [-0.15, -0.1) is 0 Å². The number of carbonyl (C=O) groups excluding carboxylic acids is 1. The van der Waals surface area contributed by atoms with Gasteiger partial charge in [0.25, 0.3) is 0 Å². The average molecular weight is 319 g/mol.